The summed E-state index contributed by atoms with van der Waals surface area (Å²) in [5, 5.41) is 2.44. The Morgan fingerprint density at radius 3 is 2.48 bits per heavy atom. The van der Waals surface area contributed by atoms with Crippen LogP contribution in [0.5, 0.6) is 11.5 Å². The maximum Gasteiger partial charge on any atom is 0.411 e. The minimum absolute atomic E-state index is 0.282. The predicted octanol–water partition coefficient (Wildman–Crippen LogP) is 2.61. The van der Waals surface area contributed by atoms with E-state index in [1.807, 2.05) is 0 Å². The number of ether oxygens (including phenoxy) is 3. The quantitative estimate of drug-likeness (QED) is 0.877. The van der Waals surface area contributed by atoms with Gasteiger partial charge >= 0.3 is 6.18 Å². The third-order valence-electron chi connectivity index (χ3n) is 2.53. The molecule has 0 aliphatic heterocycles. The molecule has 0 spiro atoms. The number of hydrogen-bond acceptors (Lipinski definition) is 4. The van der Waals surface area contributed by atoms with E-state index in [2.05, 4.69) is 10.1 Å². The van der Waals surface area contributed by atoms with Gasteiger partial charge < -0.3 is 19.5 Å². The highest BCUT2D eigenvalue weighted by molar-refractivity contribution is 5.95. The Morgan fingerprint density at radius 1 is 1.29 bits per heavy atom. The molecule has 0 bridgehead atoms. The monoisotopic (exact) mass is 307 g/mol. The van der Waals surface area contributed by atoms with E-state index in [4.69, 9.17) is 9.47 Å². The van der Waals surface area contributed by atoms with Crippen molar-refractivity contribution in [3.63, 3.8) is 0 Å². The van der Waals surface area contributed by atoms with E-state index >= 15 is 0 Å². The number of halogens is 3. The molecular weight excluding hydrogens is 291 g/mol. The summed E-state index contributed by atoms with van der Waals surface area (Å²) < 4.78 is 50.6. The van der Waals surface area contributed by atoms with Gasteiger partial charge in [0.25, 0.3) is 5.91 Å². The fraction of sp³-hybridized carbons (Fsp3) is 0.462. The van der Waals surface area contributed by atoms with Gasteiger partial charge in [0.15, 0.2) is 0 Å². The van der Waals surface area contributed by atoms with E-state index < -0.39 is 24.8 Å². The number of alkyl halides is 3. The molecule has 1 atom stereocenters. The molecule has 1 aromatic rings. The SMILES string of the molecule is COc1ccc(OC)c(NC(=O)[C@@H](C)OCC(F)(F)F)c1. The first kappa shape index (κ1) is 17.1. The number of carbonyl (C=O) groups is 1. The van der Waals surface area contributed by atoms with Crippen LogP contribution in [0, 0.1) is 0 Å². The van der Waals surface area contributed by atoms with Crippen LogP contribution in [0.25, 0.3) is 0 Å². The van der Waals surface area contributed by atoms with Crippen molar-refractivity contribution in [3.8, 4) is 11.5 Å². The number of hydrogen-bond donors (Lipinski definition) is 1. The molecule has 0 aromatic heterocycles. The summed E-state index contributed by atoms with van der Waals surface area (Å²) >= 11 is 0. The predicted molar refractivity (Wildman–Crippen MR) is 69.6 cm³/mol. The molecule has 0 heterocycles. The number of nitrogens with one attached hydrogen (secondary N) is 1. The molecule has 0 radical (unpaired) electrons. The highest BCUT2D eigenvalue weighted by Gasteiger charge is 2.30. The number of carbonyl (C=O) groups excluding carboxylic acids is 1. The van der Waals surface area contributed by atoms with Crippen molar-refractivity contribution in [2.45, 2.75) is 19.2 Å². The fourth-order valence-electron chi connectivity index (χ4n) is 1.44. The number of anilines is 1. The van der Waals surface area contributed by atoms with E-state index in [1.165, 1.54) is 27.2 Å². The van der Waals surface area contributed by atoms with E-state index in [0.717, 1.165) is 0 Å². The Kier molecular flexibility index (Phi) is 5.83. The summed E-state index contributed by atoms with van der Waals surface area (Å²) in [6, 6.07) is 4.68. The van der Waals surface area contributed by atoms with Crippen LogP contribution in [0.2, 0.25) is 0 Å². The first-order chi connectivity index (χ1) is 9.76. The lowest BCUT2D eigenvalue weighted by Gasteiger charge is -2.16. The van der Waals surface area contributed by atoms with Crippen molar-refractivity contribution in [1.29, 1.82) is 0 Å². The van der Waals surface area contributed by atoms with Crippen molar-refractivity contribution in [2.75, 3.05) is 26.1 Å². The third-order valence-corrected chi connectivity index (χ3v) is 2.53. The molecule has 1 rings (SSSR count). The van der Waals surface area contributed by atoms with Crippen LogP contribution in [-0.4, -0.2) is 39.0 Å². The van der Waals surface area contributed by atoms with Gasteiger partial charge in [0.05, 0.1) is 19.9 Å². The lowest BCUT2D eigenvalue weighted by Crippen LogP contribution is -2.31. The molecule has 0 fully saturated rings. The molecule has 1 aromatic carbocycles. The minimum Gasteiger partial charge on any atom is -0.497 e. The zero-order chi connectivity index (χ0) is 16.0. The zero-order valence-electron chi connectivity index (χ0n) is 11.8. The molecule has 0 saturated heterocycles. The fourth-order valence-corrected chi connectivity index (χ4v) is 1.44. The van der Waals surface area contributed by atoms with E-state index in [0.29, 0.717) is 11.5 Å². The molecule has 118 valence electrons. The first-order valence-corrected chi connectivity index (χ1v) is 5.98. The Hall–Kier alpha value is -1.96. The van der Waals surface area contributed by atoms with Crippen LogP contribution in [-0.2, 0) is 9.53 Å². The third kappa shape index (κ3) is 5.50. The minimum atomic E-state index is -4.48. The number of rotatable bonds is 6. The van der Waals surface area contributed by atoms with Crippen LogP contribution >= 0.6 is 0 Å². The van der Waals surface area contributed by atoms with Gasteiger partial charge in [0.2, 0.25) is 0 Å². The van der Waals surface area contributed by atoms with Crippen molar-refractivity contribution >= 4 is 11.6 Å². The summed E-state index contributed by atoms with van der Waals surface area (Å²) in [5.41, 5.74) is 0.282. The second-order valence-corrected chi connectivity index (χ2v) is 4.12. The van der Waals surface area contributed by atoms with Gasteiger partial charge in [-0.1, -0.05) is 0 Å². The summed E-state index contributed by atoms with van der Waals surface area (Å²) in [5.74, 6) is 0.105. The number of amides is 1. The molecule has 0 aliphatic rings. The molecule has 5 nitrogen and oxygen atoms in total. The molecule has 8 heteroatoms. The molecule has 21 heavy (non-hydrogen) atoms. The smallest absolute Gasteiger partial charge is 0.411 e. The van der Waals surface area contributed by atoms with Crippen LogP contribution in [0.4, 0.5) is 18.9 Å². The largest absolute Gasteiger partial charge is 0.497 e. The maximum atomic E-state index is 12.0. The summed E-state index contributed by atoms with van der Waals surface area (Å²) in [6.45, 7) is -0.259. The second-order valence-electron chi connectivity index (χ2n) is 4.12. The van der Waals surface area contributed by atoms with Crippen LogP contribution < -0.4 is 14.8 Å². The maximum absolute atomic E-state index is 12.0. The van der Waals surface area contributed by atoms with E-state index in [9.17, 15) is 18.0 Å². The van der Waals surface area contributed by atoms with Gasteiger partial charge in [0, 0.05) is 6.07 Å². The molecule has 0 unspecified atom stereocenters. The Bertz CT molecular complexity index is 491. The molecule has 0 saturated carbocycles. The summed E-state index contributed by atoms with van der Waals surface area (Å²) in [7, 11) is 2.85. The van der Waals surface area contributed by atoms with Crippen molar-refractivity contribution in [3.05, 3.63) is 18.2 Å². The van der Waals surface area contributed by atoms with Gasteiger partial charge in [-0.15, -0.1) is 0 Å². The van der Waals surface area contributed by atoms with Crippen molar-refractivity contribution < 1.29 is 32.2 Å². The molecule has 1 N–H and O–H groups in total. The molecule has 0 aliphatic carbocycles. The summed E-state index contributed by atoms with van der Waals surface area (Å²) in [4.78, 5) is 11.8. The second kappa shape index (κ2) is 7.16. The highest BCUT2D eigenvalue weighted by Crippen LogP contribution is 2.29. The van der Waals surface area contributed by atoms with E-state index in [-0.39, 0.29) is 5.69 Å². The van der Waals surface area contributed by atoms with E-state index in [1.54, 1.807) is 12.1 Å². The topological polar surface area (TPSA) is 56.8 Å². The van der Waals surface area contributed by atoms with Gasteiger partial charge in [-0.05, 0) is 19.1 Å². The highest BCUT2D eigenvalue weighted by atomic mass is 19.4. The normalized spacial score (nSPS) is 12.7. The number of methoxy groups -OCH3 is 2. The Morgan fingerprint density at radius 2 is 1.95 bits per heavy atom. The zero-order valence-corrected chi connectivity index (χ0v) is 11.8. The van der Waals surface area contributed by atoms with Crippen LogP contribution in [0.3, 0.4) is 0 Å². The Balaban J connectivity index is 2.73. The van der Waals surface area contributed by atoms with Crippen molar-refractivity contribution in [2.24, 2.45) is 0 Å². The molecular formula is C13H16F3NO4. The summed E-state index contributed by atoms with van der Waals surface area (Å²) in [6.07, 6.45) is -5.75. The average Bonchev–Trinajstić information content (AvgIpc) is 2.43. The number of benzene rings is 1. The van der Waals surface area contributed by atoms with Gasteiger partial charge in [-0.25, -0.2) is 0 Å². The lowest BCUT2D eigenvalue weighted by molar-refractivity contribution is -0.184. The van der Waals surface area contributed by atoms with Crippen LogP contribution in [0.1, 0.15) is 6.92 Å². The molecule has 1 amide bonds. The van der Waals surface area contributed by atoms with Crippen molar-refractivity contribution in [1.82, 2.24) is 0 Å². The van der Waals surface area contributed by atoms with Gasteiger partial charge in [-0.3, -0.25) is 4.79 Å². The lowest BCUT2D eigenvalue weighted by atomic mass is 10.2. The Labute approximate surface area is 120 Å². The van der Waals surface area contributed by atoms with Crippen LogP contribution in [0.15, 0.2) is 18.2 Å². The van der Waals surface area contributed by atoms with Gasteiger partial charge in [-0.2, -0.15) is 13.2 Å². The standard InChI is InChI=1S/C13H16F3NO4/c1-8(21-7-13(14,15)16)12(18)17-10-6-9(19-2)4-5-11(10)20-3/h4-6,8H,7H2,1-3H3,(H,17,18)/t8-/m1/s1. The average molecular weight is 307 g/mol. The van der Waals surface area contributed by atoms with Gasteiger partial charge in [0.1, 0.15) is 24.2 Å². The first-order valence-electron chi connectivity index (χ1n) is 5.98.